The molecule has 0 bridgehead atoms. The van der Waals surface area contributed by atoms with E-state index in [2.05, 4.69) is 36.2 Å². The highest BCUT2D eigenvalue weighted by Gasteiger charge is 2.54. The highest BCUT2D eigenvalue weighted by atomic mass is 16.3. The minimum absolute atomic E-state index is 0.0388. The second-order valence-electron chi connectivity index (χ2n) is 9.12. The van der Waals surface area contributed by atoms with Crippen LogP contribution in [0.15, 0.2) is 78.5 Å². The third-order valence-corrected chi connectivity index (χ3v) is 7.61. The van der Waals surface area contributed by atoms with Gasteiger partial charge in [-0.1, -0.05) is 55.5 Å². The molecular weight excluding hydrogens is 382 g/mol. The number of rotatable bonds is 3. The zero-order valence-electron chi connectivity index (χ0n) is 18.0. The number of aryl methyl sites for hydroxylation is 1. The van der Waals surface area contributed by atoms with Crippen LogP contribution in [0.4, 0.5) is 0 Å². The van der Waals surface area contributed by atoms with Crippen molar-refractivity contribution in [2.75, 3.05) is 0 Å². The van der Waals surface area contributed by atoms with E-state index in [4.69, 9.17) is 0 Å². The second kappa shape index (κ2) is 7.65. The number of aromatic nitrogens is 1. The van der Waals surface area contributed by atoms with Gasteiger partial charge in [0, 0.05) is 11.6 Å². The van der Waals surface area contributed by atoms with Crippen molar-refractivity contribution in [3.05, 3.63) is 101 Å². The molecule has 3 heteroatoms. The summed E-state index contributed by atoms with van der Waals surface area (Å²) in [4.78, 5) is 4.58. The normalized spacial score (nSPS) is 28.7. The van der Waals surface area contributed by atoms with Gasteiger partial charge in [0.25, 0.3) is 0 Å². The number of benzene rings is 2. The van der Waals surface area contributed by atoms with Gasteiger partial charge in [-0.2, -0.15) is 0 Å². The maximum Gasteiger partial charge on any atom is 0.128 e. The first kappa shape index (κ1) is 20.0. The van der Waals surface area contributed by atoms with Crippen LogP contribution in [0.25, 0.3) is 6.08 Å². The number of phenols is 1. The molecule has 1 fully saturated rings. The number of aromatic hydroxyl groups is 1. The lowest BCUT2D eigenvalue weighted by Crippen LogP contribution is -2.50. The first-order chi connectivity index (χ1) is 15.0. The molecule has 31 heavy (non-hydrogen) atoms. The first-order valence-corrected chi connectivity index (χ1v) is 11.3. The molecule has 3 nitrogen and oxygen atoms in total. The molecule has 2 aliphatic rings. The predicted molar refractivity (Wildman–Crippen MR) is 124 cm³/mol. The maximum atomic E-state index is 12.1. The third kappa shape index (κ3) is 3.28. The van der Waals surface area contributed by atoms with Crippen molar-refractivity contribution < 1.29 is 10.2 Å². The largest absolute Gasteiger partial charge is 0.508 e. The van der Waals surface area contributed by atoms with Crippen molar-refractivity contribution in [3.63, 3.8) is 0 Å². The molecule has 3 atom stereocenters. The standard InChI is InChI=1S/C28H29NO2/c1-2-27-18-23(16-20-8-4-3-5-9-20)28(31,26-10-6-7-15-29-26)19-22(27)12-11-21-17-24(30)13-14-25(21)27/h3-10,13-17,22,30-31H,2,11-12,18-19H2,1H3/b23-16-/t22-,27?,28?/m1/s1. The highest BCUT2D eigenvalue weighted by molar-refractivity contribution is 5.58. The number of pyridine rings is 1. The van der Waals surface area contributed by atoms with Gasteiger partial charge in [-0.25, -0.2) is 0 Å². The Kier molecular flexibility index (Phi) is 4.94. The van der Waals surface area contributed by atoms with Crippen molar-refractivity contribution in [1.82, 2.24) is 4.98 Å². The number of phenolic OH excluding ortho intramolecular Hbond substituents is 1. The van der Waals surface area contributed by atoms with Crippen LogP contribution in [0.3, 0.4) is 0 Å². The molecule has 0 radical (unpaired) electrons. The van der Waals surface area contributed by atoms with E-state index in [0.717, 1.165) is 42.5 Å². The molecule has 5 rings (SSSR count). The fourth-order valence-electron chi connectivity index (χ4n) is 6.01. The van der Waals surface area contributed by atoms with Crippen LogP contribution in [-0.4, -0.2) is 15.2 Å². The number of fused-ring (bicyclic) bond motifs is 3. The quantitative estimate of drug-likeness (QED) is 0.576. The molecule has 1 saturated carbocycles. The van der Waals surface area contributed by atoms with Gasteiger partial charge in [-0.15, -0.1) is 0 Å². The van der Waals surface area contributed by atoms with E-state index in [-0.39, 0.29) is 5.41 Å². The molecule has 0 saturated heterocycles. The fraction of sp³-hybridized carbons (Fsp3) is 0.321. The van der Waals surface area contributed by atoms with Gasteiger partial charge >= 0.3 is 0 Å². The zero-order chi connectivity index (χ0) is 21.5. The van der Waals surface area contributed by atoms with Gasteiger partial charge in [0.05, 0.1) is 5.69 Å². The summed E-state index contributed by atoms with van der Waals surface area (Å²) in [5, 5.41) is 22.2. The van der Waals surface area contributed by atoms with Crippen molar-refractivity contribution in [2.24, 2.45) is 5.92 Å². The van der Waals surface area contributed by atoms with Gasteiger partial charge in [-0.05, 0) is 84.6 Å². The fourth-order valence-corrected chi connectivity index (χ4v) is 6.01. The van der Waals surface area contributed by atoms with Crippen molar-refractivity contribution in [3.8, 4) is 5.75 Å². The molecule has 0 amide bonds. The van der Waals surface area contributed by atoms with Crippen LogP contribution in [0.2, 0.25) is 0 Å². The molecule has 1 aromatic heterocycles. The SMILES string of the molecule is CCC12C/C(=C/c3ccccc3)C(O)(c3ccccn3)C[C@H]1CCc1cc(O)ccc12. The molecule has 0 aliphatic heterocycles. The average molecular weight is 412 g/mol. The van der Waals surface area contributed by atoms with Crippen LogP contribution in [0.5, 0.6) is 5.75 Å². The summed E-state index contributed by atoms with van der Waals surface area (Å²) in [5.41, 5.74) is 4.33. The van der Waals surface area contributed by atoms with E-state index in [1.807, 2.05) is 48.5 Å². The lowest BCUT2D eigenvalue weighted by atomic mass is 9.51. The van der Waals surface area contributed by atoms with Gasteiger partial charge in [0.2, 0.25) is 0 Å². The number of nitrogens with zero attached hydrogens (tertiary/aromatic N) is 1. The van der Waals surface area contributed by atoms with Crippen LogP contribution in [0, 0.1) is 5.92 Å². The summed E-state index contributed by atoms with van der Waals surface area (Å²) in [6.45, 7) is 2.26. The molecule has 1 heterocycles. The molecule has 2 aromatic carbocycles. The van der Waals surface area contributed by atoms with Crippen LogP contribution < -0.4 is 0 Å². The van der Waals surface area contributed by atoms with E-state index in [9.17, 15) is 10.2 Å². The second-order valence-corrected chi connectivity index (χ2v) is 9.12. The maximum absolute atomic E-state index is 12.1. The molecular formula is C28H29NO2. The van der Waals surface area contributed by atoms with E-state index in [1.165, 1.54) is 11.1 Å². The summed E-state index contributed by atoms with van der Waals surface area (Å²) in [5.74, 6) is 0.693. The van der Waals surface area contributed by atoms with Crippen LogP contribution in [0.1, 0.15) is 55.0 Å². The number of aliphatic hydroxyl groups is 1. The summed E-state index contributed by atoms with van der Waals surface area (Å²) in [7, 11) is 0. The highest BCUT2D eigenvalue weighted by Crippen LogP contribution is 2.58. The Hall–Kier alpha value is -2.91. The Morgan fingerprint density at radius 3 is 2.61 bits per heavy atom. The molecule has 2 unspecified atom stereocenters. The van der Waals surface area contributed by atoms with Crippen molar-refractivity contribution in [2.45, 2.75) is 50.0 Å². The number of hydrogen-bond acceptors (Lipinski definition) is 3. The Morgan fingerprint density at radius 2 is 1.87 bits per heavy atom. The van der Waals surface area contributed by atoms with Gasteiger partial charge < -0.3 is 10.2 Å². The van der Waals surface area contributed by atoms with E-state index < -0.39 is 5.60 Å². The van der Waals surface area contributed by atoms with Crippen molar-refractivity contribution >= 4 is 6.08 Å². The summed E-state index contributed by atoms with van der Waals surface area (Å²) in [6, 6.07) is 21.9. The van der Waals surface area contributed by atoms with Crippen LogP contribution >= 0.6 is 0 Å². The molecule has 3 aromatic rings. The minimum atomic E-state index is -1.07. The van der Waals surface area contributed by atoms with Gasteiger partial charge in [-0.3, -0.25) is 4.98 Å². The lowest BCUT2D eigenvalue weighted by Gasteiger charge is -2.54. The zero-order valence-corrected chi connectivity index (χ0v) is 18.0. The number of hydrogen-bond donors (Lipinski definition) is 2. The van der Waals surface area contributed by atoms with Crippen LogP contribution in [-0.2, 0) is 17.4 Å². The minimum Gasteiger partial charge on any atom is -0.508 e. The lowest BCUT2D eigenvalue weighted by molar-refractivity contribution is -0.0116. The van der Waals surface area contributed by atoms with Crippen molar-refractivity contribution in [1.29, 1.82) is 0 Å². The topological polar surface area (TPSA) is 53.4 Å². The van der Waals surface area contributed by atoms with E-state index in [1.54, 1.807) is 6.20 Å². The van der Waals surface area contributed by atoms with Gasteiger partial charge in [0.1, 0.15) is 11.4 Å². The Balaban J connectivity index is 1.68. The molecule has 2 aliphatic carbocycles. The monoisotopic (exact) mass is 411 g/mol. The summed E-state index contributed by atoms with van der Waals surface area (Å²) in [6.07, 6.45) is 8.33. The van der Waals surface area contributed by atoms with Gasteiger partial charge in [0.15, 0.2) is 0 Å². The Bertz CT molecular complexity index is 1110. The molecule has 158 valence electrons. The first-order valence-electron chi connectivity index (χ1n) is 11.3. The third-order valence-electron chi connectivity index (χ3n) is 7.61. The summed E-state index contributed by atoms with van der Waals surface area (Å²) < 4.78 is 0. The van der Waals surface area contributed by atoms with E-state index >= 15 is 0 Å². The van der Waals surface area contributed by atoms with E-state index in [0.29, 0.717) is 18.1 Å². The average Bonchev–Trinajstić information content (AvgIpc) is 2.80. The summed E-state index contributed by atoms with van der Waals surface area (Å²) >= 11 is 0. The molecule has 2 N–H and O–H groups in total. The Labute approximate surface area is 184 Å². The Morgan fingerprint density at radius 1 is 1.06 bits per heavy atom. The molecule has 0 spiro atoms. The smallest absolute Gasteiger partial charge is 0.128 e. The predicted octanol–water partition coefficient (Wildman–Crippen LogP) is 5.76.